The van der Waals surface area contributed by atoms with Gasteiger partial charge in [0.25, 0.3) is 5.91 Å². The number of hydrazine groups is 1. The molecule has 2 fully saturated rings. The predicted octanol–water partition coefficient (Wildman–Crippen LogP) is 1.86. The fraction of sp³-hybridized carbons (Fsp3) is 0.386. The molecule has 7 aliphatic heterocycles. The molecule has 14 rings (SSSR count). The van der Waals surface area contributed by atoms with Crippen LogP contribution < -0.4 is 84.3 Å². The maximum Gasteiger partial charge on any atom is 0.349 e. The molecule has 0 aliphatic carbocycles. The van der Waals surface area contributed by atoms with Gasteiger partial charge in [-0.25, -0.2) is 10.2 Å². The largest absolute Gasteiger partial charge is 0.508 e. The number of aliphatic hydroxyl groups excluding tert-OH is 6. The minimum atomic E-state index is -2.38. The zero-order valence-corrected chi connectivity index (χ0v) is 69.9. The Morgan fingerprint density at radius 2 is 1.38 bits per heavy atom. The quantitative estimate of drug-likeness (QED) is 0.0340. The zero-order chi connectivity index (χ0) is 90.3. The van der Waals surface area contributed by atoms with Gasteiger partial charge in [-0.05, 0) is 145 Å². The molecule has 0 radical (unpaired) electrons. The number of aliphatic hydroxyl groups is 6. The highest BCUT2D eigenvalue weighted by Crippen LogP contribution is 2.50. The molecule has 22 N–H and O–H groups in total. The fourth-order valence-electron chi connectivity index (χ4n) is 14.9. The molecule has 0 saturated carbocycles. The number of rotatable bonds is 22. The Balaban J connectivity index is 0.997. The smallest absolute Gasteiger partial charge is 0.349 e. The van der Waals surface area contributed by atoms with Gasteiger partial charge in [0.1, 0.15) is 101 Å². The first-order valence-corrected chi connectivity index (χ1v) is 40.6. The van der Waals surface area contributed by atoms with Crippen LogP contribution in [0.2, 0.25) is 15.1 Å². The summed E-state index contributed by atoms with van der Waals surface area (Å²) in [5, 5.41) is 130. The van der Waals surface area contributed by atoms with Gasteiger partial charge in [-0.2, -0.15) is 4.98 Å². The molecule has 11 bridgehead atoms. The Hall–Kier alpha value is -11.6. The van der Waals surface area contributed by atoms with Crippen molar-refractivity contribution < 1.29 is 118 Å². The fourth-order valence-corrected chi connectivity index (χ4v) is 15.5. The van der Waals surface area contributed by atoms with E-state index in [2.05, 4.69) is 63.7 Å². The number of primary amides is 1. The van der Waals surface area contributed by atoms with Crippen molar-refractivity contribution in [2.45, 2.75) is 170 Å². The van der Waals surface area contributed by atoms with Gasteiger partial charge in [-0.3, -0.25) is 53.1 Å². The maximum atomic E-state index is 16.3. The molecule has 1 aromatic heterocycles. The second-order valence-electron chi connectivity index (χ2n) is 30.9. The molecular weight excluding hydrogens is 1700 g/mol. The highest BCUT2D eigenvalue weighted by atomic mass is 35.5. The van der Waals surface area contributed by atoms with Gasteiger partial charge in [0.05, 0.1) is 41.3 Å². The second-order valence-corrected chi connectivity index (χ2v) is 32.1. The number of anilines is 1. The van der Waals surface area contributed by atoms with Crippen LogP contribution in [0, 0.1) is 5.92 Å². The summed E-state index contributed by atoms with van der Waals surface area (Å²) in [6, 6.07) is 7.96. The average Bonchev–Trinajstić information content (AvgIpc) is 0.769. The Morgan fingerprint density at radius 1 is 0.728 bits per heavy atom. The summed E-state index contributed by atoms with van der Waals surface area (Å²) in [6.45, 7) is 7.34. The molecule has 7 aromatic rings. The highest BCUT2D eigenvalue weighted by molar-refractivity contribution is 6.32. The van der Waals surface area contributed by atoms with Crippen molar-refractivity contribution in [3.8, 4) is 57.1 Å². The van der Waals surface area contributed by atoms with Gasteiger partial charge >= 0.3 is 5.69 Å². The highest BCUT2D eigenvalue weighted by Gasteiger charge is 2.52. The van der Waals surface area contributed by atoms with Crippen molar-refractivity contribution in [3.05, 3.63) is 180 Å². The number of nitrogens with two attached hydrogens (primary N) is 1. The summed E-state index contributed by atoms with van der Waals surface area (Å²) in [5.41, 5.74) is 6.81. The van der Waals surface area contributed by atoms with E-state index in [0.717, 1.165) is 60.7 Å². The van der Waals surface area contributed by atoms with Crippen molar-refractivity contribution in [1.29, 1.82) is 0 Å². The van der Waals surface area contributed by atoms with Crippen LogP contribution in [0.1, 0.15) is 118 Å². The van der Waals surface area contributed by atoms with E-state index in [4.69, 9.17) is 69.0 Å². The third kappa shape index (κ3) is 21.3. The van der Waals surface area contributed by atoms with Gasteiger partial charge in [0.15, 0.2) is 23.9 Å². The van der Waals surface area contributed by atoms with Crippen molar-refractivity contribution in [2.24, 2.45) is 11.7 Å². The lowest BCUT2D eigenvalue weighted by Gasteiger charge is -2.48. The van der Waals surface area contributed by atoms with E-state index >= 15 is 24.0 Å². The van der Waals surface area contributed by atoms with Crippen LogP contribution in [0.4, 0.5) is 5.82 Å². The third-order valence-corrected chi connectivity index (χ3v) is 22.3. The molecule has 39 nitrogen and oxygen atoms in total. The number of hydrogen-bond acceptors (Lipinski definition) is 29. The summed E-state index contributed by atoms with van der Waals surface area (Å²) in [6.07, 6.45) is -15.3. The number of hydrogen-bond donors (Lipinski definition) is 21. The molecule has 7 aliphatic rings. The number of halogens is 3. The molecule has 6 aromatic carbocycles. The third-order valence-electron chi connectivity index (χ3n) is 21.4. The number of carbonyl (C=O) groups is 9. The first-order chi connectivity index (χ1) is 59.4. The summed E-state index contributed by atoms with van der Waals surface area (Å²) in [5.74, 6) is -15.8. The van der Waals surface area contributed by atoms with Crippen LogP contribution >= 0.6 is 34.8 Å². The summed E-state index contributed by atoms with van der Waals surface area (Å²) >= 11 is 20.4. The first-order valence-electron chi connectivity index (χ1n) is 39.5. The second kappa shape index (κ2) is 39.7. The molecule has 0 spiro atoms. The number of ether oxygens (including phenoxy) is 6. The number of phenols is 3. The molecule has 2 saturated heterocycles. The number of nitrogens with zero attached hydrogens (tertiary/aromatic N) is 2. The topological polar surface area (TPSA) is 584 Å². The van der Waals surface area contributed by atoms with E-state index in [0.29, 0.717) is 10.6 Å². The van der Waals surface area contributed by atoms with Crippen molar-refractivity contribution in [2.75, 3.05) is 32.1 Å². The number of benzene rings is 6. The molecule has 18 atom stereocenters. The number of nitrogens with one attached hydrogen (secondary N) is 11. The van der Waals surface area contributed by atoms with Crippen LogP contribution in [-0.4, -0.2) is 214 Å². The Morgan fingerprint density at radius 3 is 2.01 bits per heavy atom. The number of aromatic nitrogens is 2. The van der Waals surface area contributed by atoms with Crippen LogP contribution in [0.15, 0.2) is 126 Å². The van der Waals surface area contributed by atoms with Crippen LogP contribution in [0.5, 0.6) is 46.0 Å². The Bertz CT molecular complexity index is 5360. The van der Waals surface area contributed by atoms with Gasteiger partial charge in [-0.1, -0.05) is 85.9 Å². The molecule has 8 heterocycles. The van der Waals surface area contributed by atoms with Crippen LogP contribution in [0.3, 0.4) is 0 Å². The number of fused-ring (bicyclic) bond motifs is 15. The molecule has 9 amide bonds. The van der Waals surface area contributed by atoms with Gasteiger partial charge in [-0.15, -0.1) is 0 Å². The van der Waals surface area contributed by atoms with E-state index in [1.165, 1.54) is 61.2 Å². The lowest BCUT2D eigenvalue weighted by molar-refractivity contribution is -0.334. The Kier molecular flexibility index (Phi) is 29.4. The van der Waals surface area contributed by atoms with E-state index in [-0.39, 0.29) is 71.7 Å². The molecule has 125 heavy (non-hydrogen) atoms. The van der Waals surface area contributed by atoms with Crippen molar-refractivity contribution in [3.63, 3.8) is 0 Å². The number of aromatic hydroxyl groups is 3. The number of amides is 9. The van der Waals surface area contributed by atoms with Gasteiger partial charge in [0.2, 0.25) is 59.3 Å². The van der Waals surface area contributed by atoms with E-state index < -0.39 is 249 Å². The minimum Gasteiger partial charge on any atom is -0.508 e. The standard InChI is InChI=1S/C83H93Cl3N14O25/c1-7-90-99-80(118)64-45-30-43(102)31-51(104)61(45)44-25-38(11-16-50(44)103)62-76(114)98-66(79(117)96-64)68(108)40-13-18-53(47(86)27-40)122-55-29-41-28-54(121-52-17-12-39(26-46(52)85)67(107)65(97-74(112)48(88-6)24-35(2)3)78(116)91-49(32-57(87)105)75(113)94-63(41)77(115)95-62)71(55)125-81-72(70(110)69(109)56(34-101)123-81)124-60-33-83(5,73(111)36(4)120-60)89-21-23-100-22-20-58(93-82(100)119)92-59(106)19-10-37-8-14-42(84)15-9-37/h8-20,22,25-31,35-36,48-49,56,60,62-70,72-73,81,88-90,101-104,107-111H,7,21,23-24,32-34H2,1-6H3,(H2,87,105)(H,91,116)(H,94,113)(H,95,115)(H,96,117)(H,97,112)(H,98,114)(H,99,118)(H,92,93,106,119)/b19-10+. The van der Waals surface area contributed by atoms with E-state index in [9.17, 15) is 69.9 Å². The number of carbonyl (C=O) groups excluding carboxylic acids is 9. The summed E-state index contributed by atoms with van der Waals surface area (Å²) < 4.78 is 40.7. The molecule has 42 heteroatoms. The Labute approximate surface area is 727 Å². The number of likely N-dealkylation sites (N-methyl/N-ethyl adjacent to an activating group) is 1. The first kappa shape index (κ1) is 92.5. The molecule has 666 valence electrons. The van der Waals surface area contributed by atoms with Crippen LogP contribution in [0.25, 0.3) is 17.2 Å². The van der Waals surface area contributed by atoms with Crippen LogP contribution in [-0.2, 0) is 63.9 Å². The molecular formula is C83H93Cl3N14O25. The van der Waals surface area contributed by atoms with Crippen molar-refractivity contribution >= 4 is 99.9 Å². The van der Waals surface area contributed by atoms with Crippen molar-refractivity contribution in [1.82, 2.24) is 62.9 Å². The predicted molar refractivity (Wildman–Crippen MR) is 445 cm³/mol. The van der Waals surface area contributed by atoms with E-state index in [1.807, 2.05) is 13.8 Å². The minimum absolute atomic E-state index is 0.0314. The average molecular weight is 1790 g/mol. The molecule has 18 unspecified atom stereocenters. The van der Waals surface area contributed by atoms with E-state index in [1.54, 1.807) is 38.1 Å². The SMILES string of the molecule is CCNNC(=O)C1NC(=O)C2NC(=O)C(NC(=O)C3NC(=O)C(CC(N)=O)NC(=O)C(NC(=O)C(CC(C)C)NC)C(O)c4ccc(c(Cl)c4)Oc4cc3cc(c4OC3OC(CO)C(O)C(O)C3OC3CC(C)(NCCn4ccc(NC(=O)/C=C/c5ccc(Cl)cc5)nc4=O)C(O)C(C)O3)Oc3ccc(cc3Cl)C2O)c2ccc(O)c(c2)-c2c(O)cc(O)cc21. The van der Waals surface area contributed by atoms with Gasteiger partial charge < -0.3 is 128 Å². The lowest BCUT2D eigenvalue weighted by atomic mass is 9.85. The lowest BCUT2D eigenvalue weighted by Crippen LogP contribution is -2.65. The summed E-state index contributed by atoms with van der Waals surface area (Å²) in [7, 11) is 1.47. The number of phenolic OH excluding ortho intramolecular Hbond substituents is 3. The monoisotopic (exact) mass is 1790 g/mol. The summed E-state index contributed by atoms with van der Waals surface area (Å²) in [4.78, 5) is 150. The normalized spacial score (nSPS) is 26.0. The zero-order valence-electron chi connectivity index (χ0n) is 67.6. The maximum absolute atomic E-state index is 16.3. The van der Waals surface area contributed by atoms with Gasteiger partial charge in [0, 0.05) is 66.1 Å².